The lowest BCUT2D eigenvalue weighted by molar-refractivity contribution is 0.280. The number of hydrogen-bond donors (Lipinski definition) is 1. The lowest BCUT2D eigenvalue weighted by atomic mass is 10.2. The first-order valence-corrected chi connectivity index (χ1v) is 5.65. The fourth-order valence-electron chi connectivity index (χ4n) is 2.28. The van der Waals surface area contributed by atoms with Crippen LogP contribution in [-0.4, -0.2) is 41.1 Å². The van der Waals surface area contributed by atoms with Crippen molar-refractivity contribution in [3.8, 4) is 0 Å². The minimum atomic E-state index is 0.690. The van der Waals surface area contributed by atoms with E-state index < -0.39 is 0 Å². The zero-order valence-electron chi connectivity index (χ0n) is 9.61. The summed E-state index contributed by atoms with van der Waals surface area (Å²) in [6.45, 7) is 3.21. The van der Waals surface area contributed by atoms with E-state index in [9.17, 15) is 0 Å². The molecule has 1 N–H and O–H groups in total. The number of nitrogens with one attached hydrogen (secondary N) is 1. The van der Waals surface area contributed by atoms with E-state index in [0.717, 1.165) is 13.1 Å². The number of likely N-dealkylation sites (N-methyl/N-ethyl adjacent to an activating group) is 1. The molecule has 1 aliphatic heterocycles. The molecule has 15 heavy (non-hydrogen) atoms. The highest BCUT2D eigenvalue weighted by atomic mass is 15.2. The first-order valence-electron chi connectivity index (χ1n) is 5.65. The van der Waals surface area contributed by atoms with Crippen LogP contribution < -0.4 is 5.32 Å². The van der Waals surface area contributed by atoms with Gasteiger partial charge in [-0.3, -0.25) is 0 Å². The molecule has 1 aromatic rings. The summed E-state index contributed by atoms with van der Waals surface area (Å²) in [5.74, 6) is 0. The molecule has 4 heteroatoms. The molecule has 1 aromatic heterocycles. The zero-order valence-corrected chi connectivity index (χ0v) is 9.61. The van der Waals surface area contributed by atoms with Crippen molar-refractivity contribution in [1.29, 1.82) is 0 Å². The quantitative estimate of drug-likeness (QED) is 0.790. The predicted octanol–water partition coefficient (Wildman–Crippen LogP) is 0.697. The summed E-state index contributed by atoms with van der Waals surface area (Å²) in [7, 11) is 4.19. The van der Waals surface area contributed by atoms with Gasteiger partial charge in [0.05, 0.1) is 12.0 Å². The van der Waals surface area contributed by atoms with Gasteiger partial charge in [-0.1, -0.05) is 0 Å². The molecule has 2 heterocycles. The SMILES string of the molecule is CNCc1cncn1CC1CCCN1C. The molecule has 2 rings (SSSR count). The minimum Gasteiger partial charge on any atom is -0.332 e. The van der Waals surface area contributed by atoms with Crippen LogP contribution in [0.4, 0.5) is 0 Å². The van der Waals surface area contributed by atoms with Crippen LogP contribution in [0, 0.1) is 0 Å². The highest BCUT2D eigenvalue weighted by Gasteiger charge is 2.21. The van der Waals surface area contributed by atoms with Crippen molar-refractivity contribution in [2.24, 2.45) is 0 Å². The van der Waals surface area contributed by atoms with Crippen LogP contribution in [0.25, 0.3) is 0 Å². The molecule has 1 fully saturated rings. The highest BCUT2D eigenvalue weighted by molar-refractivity contribution is 4.98. The second-order valence-corrected chi connectivity index (χ2v) is 4.34. The maximum Gasteiger partial charge on any atom is 0.0949 e. The van der Waals surface area contributed by atoms with E-state index in [4.69, 9.17) is 0 Å². The number of hydrogen-bond acceptors (Lipinski definition) is 3. The Kier molecular flexibility index (Phi) is 3.38. The fraction of sp³-hybridized carbons (Fsp3) is 0.727. The Bertz CT molecular complexity index is 307. The van der Waals surface area contributed by atoms with Gasteiger partial charge in [0, 0.05) is 25.3 Å². The van der Waals surface area contributed by atoms with Crippen LogP contribution in [0.1, 0.15) is 18.5 Å². The van der Waals surface area contributed by atoms with E-state index in [1.54, 1.807) is 0 Å². The summed E-state index contributed by atoms with van der Waals surface area (Å²) >= 11 is 0. The molecule has 1 aliphatic rings. The van der Waals surface area contributed by atoms with Crippen LogP contribution in [0.2, 0.25) is 0 Å². The molecule has 0 radical (unpaired) electrons. The smallest absolute Gasteiger partial charge is 0.0949 e. The zero-order chi connectivity index (χ0) is 10.7. The molecule has 0 spiro atoms. The van der Waals surface area contributed by atoms with E-state index >= 15 is 0 Å². The van der Waals surface area contributed by atoms with Gasteiger partial charge in [0.2, 0.25) is 0 Å². The summed E-state index contributed by atoms with van der Waals surface area (Å²) in [6, 6.07) is 0.690. The monoisotopic (exact) mass is 208 g/mol. The van der Waals surface area contributed by atoms with Gasteiger partial charge in [-0.05, 0) is 33.5 Å². The third kappa shape index (κ3) is 2.38. The fourth-order valence-corrected chi connectivity index (χ4v) is 2.28. The Morgan fingerprint density at radius 2 is 2.47 bits per heavy atom. The lowest BCUT2D eigenvalue weighted by Crippen LogP contribution is -2.30. The second kappa shape index (κ2) is 4.77. The van der Waals surface area contributed by atoms with Gasteiger partial charge >= 0.3 is 0 Å². The van der Waals surface area contributed by atoms with Gasteiger partial charge in [-0.25, -0.2) is 4.98 Å². The number of aromatic nitrogens is 2. The van der Waals surface area contributed by atoms with E-state index in [1.165, 1.54) is 25.1 Å². The topological polar surface area (TPSA) is 33.1 Å². The molecule has 0 aromatic carbocycles. The van der Waals surface area contributed by atoms with Crippen molar-refractivity contribution in [1.82, 2.24) is 19.8 Å². The van der Waals surface area contributed by atoms with Crippen LogP contribution in [-0.2, 0) is 13.1 Å². The Morgan fingerprint density at radius 1 is 1.60 bits per heavy atom. The largest absolute Gasteiger partial charge is 0.332 e. The van der Waals surface area contributed by atoms with Crippen molar-refractivity contribution in [2.75, 3.05) is 20.6 Å². The third-order valence-corrected chi connectivity index (χ3v) is 3.24. The van der Waals surface area contributed by atoms with Gasteiger partial charge in [-0.15, -0.1) is 0 Å². The predicted molar refractivity (Wildman–Crippen MR) is 60.6 cm³/mol. The average Bonchev–Trinajstić information content (AvgIpc) is 2.80. The molecule has 0 saturated carbocycles. The molecule has 0 aliphatic carbocycles. The van der Waals surface area contributed by atoms with Crippen molar-refractivity contribution in [3.63, 3.8) is 0 Å². The van der Waals surface area contributed by atoms with Crippen molar-refractivity contribution in [2.45, 2.75) is 32.0 Å². The van der Waals surface area contributed by atoms with E-state index in [-0.39, 0.29) is 0 Å². The molecule has 1 saturated heterocycles. The number of nitrogens with zero attached hydrogens (tertiary/aromatic N) is 3. The van der Waals surface area contributed by atoms with Gasteiger partial charge in [0.15, 0.2) is 0 Å². The van der Waals surface area contributed by atoms with E-state index in [2.05, 4.69) is 26.8 Å². The molecule has 0 amide bonds. The molecule has 0 bridgehead atoms. The van der Waals surface area contributed by atoms with Crippen LogP contribution in [0.3, 0.4) is 0 Å². The summed E-state index contributed by atoms with van der Waals surface area (Å²) in [5.41, 5.74) is 1.28. The third-order valence-electron chi connectivity index (χ3n) is 3.24. The first-order chi connectivity index (χ1) is 7.31. The second-order valence-electron chi connectivity index (χ2n) is 4.34. The summed E-state index contributed by atoms with van der Waals surface area (Å²) in [5, 5.41) is 3.17. The van der Waals surface area contributed by atoms with Crippen LogP contribution in [0.15, 0.2) is 12.5 Å². The molecule has 1 atom stereocenters. The average molecular weight is 208 g/mol. The van der Waals surface area contributed by atoms with Crippen molar-refractivity contribution >= 4 is 0 Å². The molecule has 1 unspecified atom stereocenters. The maximum atomic E-state index is 4.21. The Morgan fingerprint density at radius 3 is 3.13 bits per heavy atom. The molecular weight excluding hydrogens is 188 g/mol. The molecular formula is C11H20N4. The molecule has 4 nitrogen and oxygen atoms in total. The minimum absolute atomic E-state index is 0.690. The first kappa shape index (κ1) is 10.6. The van der Waals surface area contributed by atoms with E-state index in [0.29, 0.717) is 6.04 Å². The maximum absolute atomic E-state index is 4.21. The van der Waals surface area contributed by atoms with Crippen molar-refractivity contribution in [3.05, 3.63) is 18.2 Å². The molecule has 84 valence electrons. The van der Waals surface area contributed by atoms with Gasteiger partial charge in [0.1, 0.15) is 0 Å². The summed E-state index contributed by atoms with van der Waals surface area (Å²) in [4.78, 5) is 6.66. The number of imidazole rings is 1. The van der Waals surface area contributed by atoms with Gasteiger partial charge in [0.25, 0.3) is 0 Å². The lowest BCUT2D eigenvalue weighted by Gasteiger charge is -2.20. The summed E-state index contributed by atoms with van der Waals surface area (Å²) in [6.07, 6.45) is 6.54. The van der Waals surface area contributed by atoms with Gasteiger partial charge < -0.3 is 14.8 Å². The highest BCUT2D eigenvalue weighted by Crippen LogP contribution is 2.17. The standard InChI is InChI=1S/C11H20N4/c1-12-6-11-7-13-9-15(11)8-10-4-3-5-14(10)2/h7,9-10,12H,3-6,8H2,1-2H3. The van der Waals surface area contributed by atoms with Gasteiger partial charge in [-0.2, -0.15) is 0 Å². The number of likely N-dealkylation sites (tertiary alicyclic amines) is 1. The Balaban J connectivity index is 2.00. The Hall–Kier alpha value is -0.870. The van der Waals surface area contributed by atoms with Crippen LogP contribution in [0.5, 0.6) is 0 Å². The normalized spacial score (nSPS) is 22.4. The van der Waals surface area contributed by atoms with Crippen molar-refractivity contribution < 1.29 is 0 Å². The number of rotatable bonds is 4. The van der Waals surface area contributed by atoms with Crippen LogP contribution >= 0.6 is 0 Å². The Labute approximate surface area is 91.3 Å². The summed E-state index contributed by atoms with van der Waals surface area (Å²) < 4.78 is 2.27. The van der Waals surface area contributed by atoms with E-state index in [1.807, 2.05) is 19.6 Å².